The Morgan fingerprint density at radius 1 is 0.409 bits per heavy atom. The highest BCUT2D eigenvalue weighted by molar-refractivity contribution is 5.76. The minimum absolute atomic E-state index is 0.0109. The number of ether oxygens (including phenoxy) is 1. The van der Waals surface area contributed by atoms with E-state index in [1.165, 1.54) is 225 Å². The van der Waals surface area contributed by atoms with Crippen molar-refractivity contribution >= 4 is 11.9 Å². The van der Waals surface area contributed by atoms with Crippen molar-refractivity contribution in [2.75, 3.05) is 13.2 Å². The molecule has 0 aliphatic rings. The van der Waals surface area contributed by atoms with Gasteiger partial charge >= 0.3 is 5.97 Å². The molecule has 0 aliphatic carbocycles. The molecule has 0 spiro atoms. The fourth-order valence-electron chi connectivity index (χ4n) is 9.16. The zero-order chi connectivity index (χ0) is 47.9. The van der Waals surface area contributed by atoms with Gasteiger partial charge in [-0.05, 0) is 77.0 Å². The second kappa shape index (κ2) is 55.9. The summed E-state index contributed by atoms with van der Waals surface area (Å²) >= 11 is 0. The van der Waals surface area contributed by atoms with Crippen LogP contribution in [0.5, 0.6) is 0 Å². The molecule has 390 valence electrons. The average molecular weight is 931 g/mol. The van der Waals surface area contributed by atoms with Gasteiger partial charge in [0.1, 0.15) is 0 Å². The maximum absolute atomic E-state index is 12.5. The van der Waals surface area contributed by atoms with Crippen molar-refractivity contribution in [3.05, 3.63) is 24.3 Å². The standard InChI is InChI=1S/C60H115NO5/c1-3-5-7-9-11-13-15-17-19-20-21-22-25-28-32-36-40-44-48-52-58(63)57(56-62)61-59(64)53-49-45-41-37-33-29-26-23-24-27-31-35-39-43-47-51-55-66-60(65)54-50-46-42-38-34-30-18-16-14-12-10-8-6-4-2/h16,18,23,26,57-58,62-63H,3-15,17,19-22,24-25,27-56H2,1-2H3,(H,61,64)/b18-16-,26-23-. The van der Waals surface area contributed by atoms with Crippen LogP contribution in [0.25, 0.3) is 0 Å². The smallest absolute Gasteiger partial charge is 0.305 e. The lowest BCUT2D eigenvalue weighted by Crippen LogP contribution is -2.45. The van der Waals surface area contributed by atoms with Crippen LogP contribution in [-0.2, 0) is 14.3 Å². The van der Waals surface area contributed by atoms with Crippen LogP contribution < -0.4 is 5.32 Å². The molecule has 2 atom stereocenters. The number of nitrogens with one attached hydrogen (secondary N) is 1. The Morgan fingerprint density at radius 3 is 1.08 bits per heavy atom. The van der Waals surface area contributed by atoms with Gasteiger partial charge < -0.3 is 20.3 Å². The molecule has 6 heteroatoms. The van der Waals surface area contributed by atoms with Crippen LogP contribution in [0.4, 0.5) is 0 Å². The van der Waals surface area contributed by atoms with Crippen LogP contribution in [0.15, 0.2) is 24.3 Å². The van der Waals surface area contributed by atoms with E-state index in [4.69, 9.17) is 4.74 Å². The van der Waals surface area contributed by atoms with Gasteiger partial charge in [-0.2, -0.15) is 0 Å². The molecule has 0 radical (unpaired) electrons. The summed E-state index contributed by atoms with van der Waals surface area (Å²) in [6, 6.07) is -0.554. The first-order valence-electron chi connectivity index (χ1n) is 29.6. The van der Waals surface area contributed by atoms with Crippen molar-refractivity contribution in [3.63, 3.8) is 0 Å². The van der Waals surface area contributed by atoms with Gasteiger partial charge in [-0.25, -0.2) is 0 Å². The Labute approximate surface area is 411 Å². The molecule has 0 saturated carbocycles. The van der Waals surface area contributed by atoms with Crippen molar-refractivity contribution in [2.24, 2.45) is 0 Å². The van der Waals surface area contributed by atoms with E-state index in [1.807, 2.05) is 0 Å². The second-order valence-electron chi connectivity index (χ2n) is 20.3. The summed E-state index contributed by atoms with van der Waals surface area (Å²) in [5.41, 5.74) is 0. The Balaban J connectivity index is 3.47. The predicted octanol–water partition coefficient (Wildman–Crippen LogP) is 18.2. The topological polar surface area (TPSA) is 95.9 Å². The third kappa shape index (κ3) is 51.7. The van der Waals surface area contributed by atoms with Gasteiger partial charge in [0.05, 0.1) is 25.4 Å². The maximum Gasteiger partial charge on any atom is 0.305 e. The zero-order valence-corrected chi connectivity index (χ0v) is 44.4. The average Bonchev–Trinajstić information content (AvgIpc) is 3.32. The molecule has 2 unspecified atom stereocenters. The van der Waals surface area contributed by atoms with Gasteiger partial charge in [-0.1, -0.05) is 256 Å². The molecule has 1 amide bonds. The number of unbranched alkanes of at least 4 members (excludes halogenated alkanes) is 40. The van der Waals surface area contributed by atoms with E-state index in [9.17, 15) is 19.8 Å². The monoisotopic (exact) mass is 930 g/mol. The number of allylic oxidation sites excluding steroid dienone is 4. The van der Waals surface area contributed by atoms with Crippen LogP contribution in [0, 0.1) is 0 Å². The highest BCUT2D eigenvalue weighted by Crippen LogP contribution is 2.17. The summed E-state index contributed by atoms with van der Waals surface area (Å²) in [4.78, 5) is 24.5. The van der Waals surface area contributed by atoms with E-state index in [1.54, 1.807) is 0 Å². The third-order valence-electron chi connectivity index (χ3n) is 13.7. The minimum Gasteiger partial charge on any atom is -0.466 e. The number of hydrogen-bond donors (Lipinski definition) is 3. The molecule has 0 bridgehead atoms. The van der Waals surface area contributed by atoms with Gasteiger partial charge in [0.25, 0.3) is 0 Å². The molecule has 0 rings (SSSR count). The molecule has 0 aromatic rings. The largest absolute Gasteiger partial charge is 0.466 e. The number of aliphatic hydroxyl groups is 2. The van der Waals surface area contributed by atoms with Crippen molar-refractivity contribution in [1.29, 1.82) is 0 Å². The van der Waals surface area contributed by atoms with Crippen molar-refractivity contribution in [2.45, 2.75) is 334 Å². The third-order valence-corrected chi connectivity index (χ3v) is 13.7. The summed E-state index contributed by atoms with van der Waals surface area (Å²) in [5.74, 6) is -0.0608. The molecule has 0 aromatic carbocycles. The summed E-state index contributed by atoms with van der Waals surface area (Å²) in [6.45, 7) is 4.93. The summed E-state index contributed by atoms with van der Waals surface area (Å²) in [7, 11) is 0. The van der Waals surface area contributed by atoms with Crippen LogP contribution in [0.2, 0.25) is 0 Å². The Bertz CT molecular complexity index is 1030. The normalized spacial score (nSPS) is 12.7. The van der Waals surface area contributed by atoms with Crippen LogP contribution in [0.3, 0.4) is 0 Å². The Kier molecular flexibility index (Phi) is 54.5. The molecule has 6 nitrogen and oxygen atoms in total. The zero-order valence-electron chi connectivity index (χ0n) is 44.4. The SMILES string of the molecule is CCCCCCC/C=C\CCCCCCCC(=O)OCCCCCCCCC/C=C\CCCCCCCC(=O)NC(CO)C(O)CCCCCCCCCCCCCCCCCCCCC. The molecule has 0 aromatic heterocycles. The van der Waals surface area contributed by atoms with E-state index in [0.29, 0.717) is 25.9 Å². The first-order valence-corrected chi connectivity index (χ1v) is 29.6. The quantitative estimate of drug-likeness (QED) is 0.0321. The fourth-order valence-corrected chi connectivity index (χ4v) is 9.16. The van der Waals surface area contributed by atoms with Crippen LogP contribution in [-0.4, -0.2) is 47.4 Å². The number of esters is 1. The molecule has 0 saturated heterocycles. The van der Waals surface area contributed by atoms with E-state index in [0.717, 1.165) is 64.2 Å². The maximum atomic E-state index is 12.5. The van der Waals surface area contributed by atoms with Crippen molar-refractivity contribution in [1.82, 2.24) is 5.32 Å². The Morgan fingerprint density at radius 2 is 0.712 bits per heavy atom. The number of aliphatic hydroxyl groups excluding tert-OH is 2. The number of carbonyl (C=O) groups excluding carboxylic acids is 2. The van der Waals surface area contributed by atoms with E-state index >= 15 is 0 Å². The van der Waals surface area contributed by atoms with Crippen molar-refractivity contribution in [3.8, 4) is 0 Å². The van der Waals surface area contributed by atoms with E-state index in [2.05, 4.69) is 43.5 Å². The van der Waals surface area contributed by atoms with Gasteiger partial charge in [0, 0.05) is 12.8 Å². The summed E-state index contributed by atoms with van der Waals surface area (Å²) in [6.07, 6.45) is 67.4. The molecule has 0 heterocycles. The lowest BCUT2D eigenvalue weighted by Gasteiger charge is -2.22. The van der Waals surface area contributed by atoms with Gasteiger partial charge in [0.2, 0.25) is 5.91 Å². The number of rotatable bonds is 55. The fraction of sp³-hybridized carbons (Fsp3) is 0.900. The molecule has 66 heavy (non-hydrogen) atoms. The number of carbonyl (C=O) groups is 2. The predicted molar refractivity (Wildman–Crippen MR) is 287 cm³/mol. The highest BCUT2D eigenvalue weighted by Gasteiger charge is 2.20. The number of amides is 1. The van der Waals surface area contributed by atoms with Crippen molar-refractivity contribution < 1.29 is 24.5 Å². The van der Waals surface area contributed by atoms with E-state index in [-0.39, 0.29) is 18.5 Å². The first kappa shape index (κ1) is 64.3. The molecular formula is C60H115NO5. The first-order chi connectivity index (χ1) is 32.5. The summed E-state index contributed by atoms with van der Waals surface area (Å²) in [5, 5.41) is 23.3. The Hall–Kier alpha value is -1.66. The molecular weight excluding hydrogens is 815 g/mol. The summed E-state index contributed by atoms with van der Waals surface area (Å²) < 4.78 is 5.46. The molecule has 3 N–H and O–H groups in total. The van der Waals surface area contributed by atoms with Gasteiger partial charge in [-0.15, -0.1) is 0 Å². The molecule has 0 aliphatic heterocycles. The van der Waals surface area contributed by atoms with E-state index < -0.39 is 12.1 Å². The number of hydrogen-bond acceptors (Lipinski definition) is 5. The minimum atomic E-state index is -0.675. The second-order valence-corrected chi connectivity index (χ2v) is 20.3. The highest BCUT2D eigenvalue weighted by atomic mass is 16.5. The van der Waals surface area contributed by atoms with Crippen LogP contribution in [0.1, 0.15) is 322 Å². The van der Waals surface area contributed by atoms with Gasteiger partial charge in [-0.3, -0.25) is 9.59 Å². The lowest BCUT2D eigenvalue weighted by molar-refractivity contribution is -0.143. The van der Waals surface area contributed by atoms with Gasteiger partial charge in [0.15, 0.2) is 0 Å². The lowest BCUT2D eigenvalue weighted by atomic mass is 10.0. The van der Waals surface area contributed by atoms with Crippen LogP contribution >= 0.6 is 0 Å². The molecule has 0 fully saturated rings.